The molecule has 0 aliphatic heterocycles. The third-order valence-electron chi connectivity index (χ3n) is 5.46. The van der Waals surface area contributed by atoms with Crippen molar-refractivity contribution in [2.75, 3.05) is 0 Å². The third kappa shape index (κ3) is 4.91. The first-order valence-corrected chi connectivity index (χ1v) is 10.3. The predicted octanol–water partition coefficient (Wildman–Crippen LogP) is 5.30. The minimum absolute atomic E-state index is 0.0281. The molecule has 0 spiro atoms. The number of carbonyl (C=O) groups is 1. The number of amides is 1. The van der Waals surface area contributed by atoms with Gasteiger partial charge in [-0.1, -0.05) is 49.7 Å². The topological polar surface area (TPSA) is 38.3 Å². The Morgan fingerprint density at radius 1 is 1.00 bits per heavy atom. The van der Waals surface area contributed by atoms with Crippen LogP contribution in [0.4, 0.5) is 0 Å². The van der Waals surface area contributed by atoms with Crippen molar-refractivity contribution in [1.29, 1.82) is 0 Å². The van der Waals surface area contributed by atoms with Crippen molar-refractivity contribution in [3.8, 4) is 5.75 Å². The molecule has 0 radical (unpaired) electrons. The Hall–Kier alpha value is -2.29. The van der Waals surface area contributed by atoms with Crippen LogP contribution < -0.4 is 10.1 Å². The average Bonchev–Trinajstić information content (AvgIpc) is 2.71. The van der Waals surface area contributed by atoms with Crippen molar-refractivity contribution in [2.45, 2.75) is 71.4 Å². The predicted molar refractivity (Wildman–Crippen MR) is 110 cm³/mol. The number of hydrogen-bond donors (Lipinski definition) is 1. The summed E-state index contributed by atoms with van der Waals surface area (Å²) in [5, 5.41) is 3.21. The van der Waals surface area contributed by atoms with Crippen LogP contribution in [0.3, 0.4) is 0 Å². The molecule has 1 amide bonds. The Morgan fingerprint density at radius 2 is 1.70 bits per heavy atom. The van der Waals surface area contributed by atoms with E-state index >= 15 is 0 Å². The van der Waals surface area contributed by atoms with Crippen LogP contribution in [0.15, 0.2) is 42.5 Å². The van der Waals surface area contributed by atoms with E-state index in [-0.39, 0.29) is 11.9 Å². The maximum absolute atomic E-state index is 12.8. The van der Waals surface area contributed by atoms with E-state index < -0.39 is 6.10 Å². The zero-order valence-electron chi connectivity index (χ0n) is 16.8. The van der Waals surface area contributed by atoms with Gasteiger partial charge >= 0.3 is 0 Å². The minimum atomic E-state index is -0.473. The van der Waals surface area contributed by atoms with E-state index in [2.05, 4.69) is 30.4 Å². The van der Waals surface area contributed by atoms with Gasteiger partial charge in [0.1, 0.15) is 5.75 Å². The van der Waals surface area contributed by atoms with Crippen LogP contribution in [0.5, 0.6) is 5.75 Å². The van der Waals surface area contributed by atoms with Crippen molar-refractivity contribution < 1.29 is 9.53 Å². The van der Waals surface area contributed by atoms with Gasteiger partial charge in [0.25, 0.3) is 5.91 Å². The number of carbonyl (C=O) groups excluding carboxylic acids is 1. The molecule has 3 rings (SSSR count). The lowest BCUT2D eigenvalue weighted by molar-refractivity contribution is -0.128. The van der Waals surface area contributed by atoms with Crippen LogP contribution in [-0.4, -0.2) is 12.0 Å². The average molecular weight is 366 g/mol. The molecule has 1 aliphatic carbocycles. The molecule has 0 saturated carbocycles. The Balaban J connectivity index is 1.68. The molecule has 3 heteroatoms. The highest BCUT2D eigenvalue weighted by Gasteiger charge is 2.22. The molecule has 2 unspecified atom stereocenters. The monoisotopic (exact) mass is 365 g/mol. The molecule has 27 heavy (non-hydrogen) atoms. The molecule has 0 bridgehead atoms. The maximum atomic E-state index is 12.8. The summed E-state index contributed by atoms with van der Waals surface area (Å²) in [6.07, 6.45) is 5.92. The number of aryl methyl sites for hydroxylation is 3. The van der Waals surface area contributed by atoms with Crippen molar-refractivity contribution in [2.24, 2.45) is 0 Å². The quantitative estimate of drug-likeness (QED) is 0.723. The summed E-state index contributed by atoms with van der Waals surface area (Å²) in [5.41, 5.74) is 5.31. The lowest BCUT2D eigenvalue weighted by atomic mass is 9.88. The van der Waals surface area contributed by atoms with Gasteiger partial charge in [0.05, 0.1) is 6.04 Å². The second-order valence-electron chi connectivity index (χ2n) is 7.53. The number of fused-ring (bicyclic) bond motifs is 1. The summed E-state index contributed by atoms with van der Waals surface area (Å²) >= 11 is 0. The Bertz CT molecular complexity index is 766. The van der Waals surface area contributed by atoms with Crippen LogP contribution >= 0.6 is 0 Å². The molecule has 0 fully saturated rings. The van der Waals surface area contributed by atoms with Crippen molar-refractivity contribution in [1.82, 2.24) is 5.32 Å². The summed E-state index contributed by atoms with van der Waals surface area (Å²) in [4.78, 5) is 12.8. The first-order valence-electron chi connectivity index (χ1n) is 10.3. The molecule has 0 saturated heterocycles. The van der Waals surface area contributed by atoms with Crippen molar-refractivity contribution in [3.63, 3.8) is 0 Å². The number of rotatable bonds is 7. The first-order chi connectivity index (χ1) is 13.1. The highest BCUT2D eigenvalue weighted by atomic mass is 16.5. The standard InChI is InChI=1S/C24H31NO2/c1-4-22(20-13-12-18-8-6-7-9-19(18)16-20)25-24(26)23(5-2)27-21-14-10-17(3)11-15-21/h10-16,22-23H,4-9H2,1-3H3,(H,25,26). The molecule has 2 aromatic carbocycles. The summed E-state index contributed by atoms with van der Waals surface area (Å²) in [5.74, 6) is 0.701. The van der Waals surface area contributed by atoms with Gasteiger partial charge in [-0.15, -0.1) is 0 Å². The van der Waals surface area contributed by atoms with Crippen molar-refractivity contribution in [3.05, 3.63) is 64.7 Å². The summed E-state index contributed by atoms with van der Waals surface area (Å²) in [6.45, 7) is 6.14. The van der Waals surface area contributed by atoms with Crippen LogP contribution in [0.1, 0.15) is 67.8 Å². The molecule has 1 N–H and O–H groups in total. The lowest BCUT2D eigenvalue weighted by Crippen LogP contribution is -2.40. The highest BCUT2D eigenvalue weighted by Crippen LogP contribution is 2.26. The maximum Gasteiger partial charge on any atom is 0.261 e. The molecular formula is C24H31NO2. The minimum Gasteiger partial charge on any atom is -0.481 e. The van der Waals surface area contributed by atoms with E-state index in [4.69, 9.17) is 4.74 Å². The second kappa shape index (κ2) is 9.07. The molecular weight excluding hydrogens is 334 g/mol. The van der Waals surface area contributed by atoms with Gasteiger partial charge in [-0.2, -0.15) is 0 Å². The zero-order chi connectivity index (χ0) is 19.2. The molecule has 1 aliphatic rings. The number of hydrogen-bond acceptors (Lipinski definition) is 2. The van der Waals surface area contributed by atoms with Gasteiger partial charge in [0.15, 0.2) is 6.10 Å². The molecule has 0 heterocycles. The summed E-state index contributed by atoms with van der Waals surface area (Å²) in [7, 11) is 0. The fourth-order valence-electron chi connectivity index (χ4n) is 3.76. The highest BCUT2D eigenvalue weighted by molar-refractivity contribution is 5.81. The Labute approximate surface area is 163 Å². The van der Waals surface area contributed by atoms with Crippen LogP contribution in [0.2, 0.25) is 0 Å². The number of nitrogens with one attached hydrogen (secondary N) is 1. The van der Waals surface area contributed by atoms with Gasteiger partial charge in [-0.05, 0) is 74.3 Å². The zero-order valence-corrected chi connectivity index (χ0v) is 16.8. The normalized spacial score (nSPS) is 15.5. The Morgan fingerprint density at radius 3 is 2.37 bits per heavy atom. The third-order valence-corrected chi connectivity index (χ3v) is 5.46. The summed E-state index contributed by atoms with van der Waals surface area (Å²) < 4.78 is 5.94. The molecule has 2 aromatic rings. The Kier molecular flexibility index (Phi) is 6.54. The van der Waals surface area contributed by atoms with E-state index in [1.54, 1.807) is 0 Å². The smallest absolute Gasteiger partial charge is 0.261 e. The fraction of sp³-hybridized carbons (Fsp3) is 0.458. The van der Waals surface area contributed by atoms with Crippen LogP contribution in [-0.2, 0) is 17.6 Å². The van der Waals surface area contributed by atoms with E-state index in [1.807, 2.05) is 38.1 Å². The molecule has 2 atom stereocenters. The fourth-order valence-corrected chi connectivity index (χ4v) is 3.76. The van der Waals surface area contributed by atoms with Crippen molar-refractivity contribution >= 4 is 5.91 Å². The summed E-state index contributed by atoms with van der Waals surface area (Å²) in [6, 6.07) is 14.6. The first kappa shape index (κ1) is 19.5. The van der Waals surface area contributed by atoms with E-state index in [0.717, 1.165) is 18.6 Å². The lowest BCUT2D eigenvalue weighted by Gasteiger charge is -2.24. The van der Waals surface area contributed by atoms with Crippen LogP contribution in [0.25, 0.3) is 0 Å². The van der Waals surface area contributed by atoms with E-state index in [0.29, 0.717) is 6.42 Å². The van der Waals surface area contributed by atoms with E-state index in [1.165, 1.54) is 41.5 Å². The number of benzene rings is 2. The molecule has 0 aromatic heterocycles. The van der Waals surface area contributed by atoms with Gasteiger partial charge in [-0.3, -0.25) is 4.79 Å². The van der Waals surface area contributed by atoms with Gasteiger partial charge in [-0.25, -0.2) is 0 Å². The second-order valence-corrected chi connectivity index (χ2v) is 7.53. The number of ether oxygens (including phenoxy) is 1. The van der Waals surface area contributed by atoms with Gasteiger partial charge in [0.2, 0.25) is 0 Å². The largest absolute Gasteiger partial charge is 0.481 e. The molecule has 3 nitrogen and oxygen atoms in total. The molecule has 144 valence electrons. The van der Waals surface area contributed by atoms with Gasteiger partial charge in [0, 0.05) is 0 Å². The van der Waals surface area contributed by atoms with Gasteiger partial charge < -0.3 is 10.1 Å². The van der Waals surface area contributed by atoms with E-state index in [9.17, 15) is 4.79 Å². The van der Waals surface area contributed by atoms with Crippen LogP contribution in [0, 0.1) is 6.92 Å². The SMILES string of the molecule is CCC(Oc1ccc(C)cc1)C(=O)NC(CC)c1ccc2c(c1)CCCC2.